The van der Waals surface area contributed by atoms with Gasteiger partial charge in [-0.25, -0.2) is 4.79 Å². The Labute approximate surface area is 122 Å². The Bertz CT molecular complexity index is 371. The van der Waals surface area contributed by atoms with Crippen LogP contribution in [0.2, 0.25) is 0 Å². The maximum atomic E-state index is 12.3. The molecule has 0 aromatic heterocycles. The van der Waals surface area contributed by atoms with Crippen LogP contribution >= 0.6 is 0 Å². The lowest BCUT2D eigenvalue weighted by Gasteiger charge is -2.53. The Morgan fingerprint density at radius 1 is 1.35 bits per heavy atom. The summed E-state index contributed by atoms with van der Waals surface area (Å²) < 4.78 is 0. The first-order valence-electron chi connectivity index (χ1n) is 8.39. The summed E-state index contributed by atoms with van der Waals surface area (Å²) in [7, 11) is 0. The minimum Gasteiger partial charge on any atom is -0.338 e. The molecular formula is C16H29N3O. The topological polar surface area (TPSA) is 44.4 Å². The van der Waals surface area contributed by atoms with E-state index in [0.29, 0.717) is 17.4 Å². The number of amides is 2. The standard InChI is InChI=1S/C16H29N3O/c1-12(2)10-17-15(20)19-9-3-4-14(11-19)16-7-5-13(16)6-8-18-16/h12-14,18H,3-11H2,1-2H3,(H,17,20). The van der Waals surface area contributed by atoms with Crippen molar-refractivity contribution < 1.29 is 4.79 Å². The third-order valence-electron chi connectivity index (χ3n) is 5.68. The molecule has 3 fully saturated rings. The van der Waals surface area contributed by atoms with Crippen molar-refractivity contribution in [2.45, 2.75) is 51.5 Å². The van der Waals surface area contributed by atoms with Crippen molar-refractivity contribution in [2.75, 3.05) is 26.2 Å². The van der Waals surface area contributed by atoms with Gasteiger partial charge in [-0.05, 0) is 56.4 Å². The summed E-state index contributed by atoms with van der Waals surface area (Å²) in [6.07, 6.45) is 6.51. The Kier molecular flexibility index (Phi) is 3.93. The first-order valence-corrected chi connectivity index (χ1v) is 8.39. The van der Waals surface area contributed by atoms with Crippen LogP contribution in [0, 0.1) is 17.8 Å². The zero-order valence-corrected chi connectivity index (χ0v) is 13.0. The average Bonchev–Trinajstić information content (AvgIpc) is 2.72. The fourth-order valence-corrected chi connectivity index (χ4v) is 4.44. The van der Waals surface area contributed by atoms with Crippen molar-refractivity contribution >= 4 is 6.03 Å². The van der Waals surface area contributed by atoms with E-state index in [4.69, 9.17) is 0 Å². The number of piperidine rings is 1. The first kappa shape index (κ1) is 14.2. The zero-order valence-electron chi connectivity index (χ0n) is 13.0. The molecule has 1 aliphatic carbocycles. The van der Waals surface area contributed by atoms with E-state index in [1.165, 1.54) is 32.2 Å². The minimum atomic E-state index is 0.147. The van der Waals surface area contributed by atoms with Gasteiger partial charge in [0.15, 0.2) is 0 Å². The molecule has 2 amide bonds. The van der Waals surface area contributed by atoms with E-state index in [9.17, 15) is 4.79 Å². The molecule has 0 aromatic carbocycles. The third kappa shape index (κ3) is 2.43. The van der Waals surface area contributed by atoms with E-state index in [2.05, 4.69) is 29.4 Å². The summed E-state index contributed by atoms with van der Waals surface area (Å²) in [6, 6.07) is 0.147. The highest BCUT2D eigenvalue weighted by atomic mass is 16.2. The van der Waals surface area contributed by atoms with Gasteiger partial charge in [-0.2, -0.15) is 0 Å². The van der Waals surface area contributed by atoms with Crippen LogP contribution in [0.5, 0.6) is 0 Å². The zero-order chi connectivity index (χ0) is 14.2. The van der Waals surface area contributed by atoms with Crippen molar-refractivity contribution in [3.8, 4) is 0 Å². The van der Waals surface area contributed by atoms with Gasteiger partial charge < -0.3 is 15.5 Å². The van der Waals surface area contributed by atoms with Crippen LogP contribution in [-0.4, -0.2) is 42.6 Å². The quantitative estimate of drug-likeness (QED) is 0.832. The van der Waals surface area contributed by atoms with Crippen LogP contribution in [0.4, 0.5) is 4.79 Å². The van der Waals surface area contributed by atoms with Gasteiger partial charge in [0.1, 0.15) is 0 Å². The number of fused-ring (bicyclic) bond motifs is 1. The summed E-state index contributed by atoms with van der Waals surface area (Å²) in [6.45, 7) is 8.13. The predicted octanol–water partition coefficient (Wildman–Crippen LogP) is 2.21. The second-order valence-corrected chi connectivity index (χ2v) is 7.36. The molecule has 3 unspecified atom stereocenters. The molecule has 0 spiro atoms. The van der Waals surface area contributed by atoms with Crippen LogP contribution < -0.4 is 10.6 Å². The van der Waals surface area contributed by atoms with Gasteiger partial charge in [0, 0.05) is 25.2 Å². The van der Waals surface area contributed by atoms with Crippen molar-refractivity contribution in [1.29, 1.82) is 0 Å². The molecule has 0 radical (unpaired) electrons. The number of rotatable bonds is 3. The SMILES string of the molecule is CC(C)CNC(=O)N1CCCC(C23CCC2CCN3)C1. The second kappa shape index (κ2) is 5.55. The Morgan fingerprint density at radius 2 is 2.20 bits per heavy atom. The van der Waals surface area contributed by atoms with Gasteiger partial charge in [-0.3, -0.25) is 0 Å². The highest BCUT2D eigenvalue weighted by molar-refractivity contribution is 5.74. The largest absolute Gasteiger partial charge is 0.338 e. The summed E-state index contributed by atoms with van der Waals surface area (Å²) in [5, 5.41) is 6.86. The van der Waals surface area contributed by atoms with Crippen molar-refractivity contribution in [1.82, 2.24) is 15.5 Å². The molecule has 114 valence electrons. The Morgan fingerprint density at radius 3 is 2.85 bits per heavy atom. The maximum Gasteiger partial charge on any atom is 0.317 e. The molecule has 3 aliphatic rings. The van der Waals surface area contributed by atoms with E-state index in [1.807, 2.05) is 0 Å². The molecule has 4 heteroatoms. The lowest BCUT2D eigenvalue weighted by molar-refractivity contribution is 0.0264. The first-order chi connectivity index (χ1) is 9.62. The van der Waals surface area contributed by atoms with Crippen LogP contribution in [0.1, 0.15) is 46.0 Å². The lowest BCUT2D eigenvalue weighted by Crippen LogP contribution is -2.62. The van der Waals surface area contributed by atoms with Crippen LogP contribution in [-0.2, 0) is 0 Å². The summed E-state index contributed by atoms with van der Waals surface area (Å²) in [5.74, 6) is 2.07. The van der Waals surface area contributed by atoms with E-state index in [-0.39, 0.29) is 6.03 Å². The molecule has 3 atom stereocenters. The van der Waals surface area contributed by atoms with E-state index >= 15 is 0 Å². The van der Waals surface area contributed by atoms with Crippen molar-refractivity contribution in [3.05, 3.63) is 0 Å². The number of urea groups is 1. The summed E-state index contributed by atoms with van der Waals surface area (Å²) in [4.78, 5) is 14.3. The van der Waals surface area contributed by atoms with E-state index in [1.54, 1.807) is 0 Å². The predicted molar refractivity (Wildman–Crippen MR) is 80.6 cm³/mol. The molecule has 2 saturated heterocycles. The molecule has 20 heavy (non-hydrogen) atoms. The van der Waals surface area contributed by atoms with Gasteiger partial charge in [0.25, 0.3) is 0 Å². The van der Waals surface area contributed by atoms with Crippen LogP contribution in [0.15, 0.2) is 0 Å². The number of hydrogen-bond acceptors (Lipinski definition) is 2. The Hall–Kier alpha value is -0.770. The van der Waals surface area contributed by atoms with Crippen molar-refractivity contribution in [2.24, 2.45) is 17.8 Å². The molecule has 3 rings (SSSR count). The molecule has 0 aromatic rings. The number of nitrogens with zero attached hydrogens (tertiary/aromatic N) is 1. The molecule has 0 bridgehead atoms. The smallest absolute Gasteiger partial charge is 0.317 e. The molecule has 2 heterocycles. The number of nitrogens with one attached hydrogen (secondary N) is 2. The number of carbonyl (C=O) groups is 1. The highest BCUT2D eigenvalue weighted by Crippen LogP contribution is 2.51. The maximum absolute atomic E-state index is 12.3. The monoisotopic (exact) mass is 279 g/mol. The lowest BCUT2D eigenvalue weighted by atomic mass is 9.59. The fourth-order valence-electron chi connectivity index (χ4n) is 4.44. The fraction of sp³-hybridized carbons (Fsp3) is 0.938. The van der Waals surface area contributed by atoms with E-state index in [0.717, 1.165) is 32.0 Å². The third-order valence-corrected chi connectivity index (χ3v) is 5.68. The molecule has 4 nitrogen and oxygen atoms in total. The van der Waals surface area contributed by atoms with E-state index < -0.39 is 0 Å². The van der Waals surface area contributed by atoms with Crippen LogP contribution in [0.3, 0.4) is 0 Å². The molecule has 2 aliphatic heterocycles. The van der Waals surface area contributed by atoms with Gasteiger partial charge in [0.05, 0.1) is 0 Å². The van der Waals surface area contributed by atoms with Gasteiger partial charge in [-0.1, -0.05) is 13.8 Å². The molecule has 1 saturated carbocycles. The minimum absolute atomic E-state index is 0.147. The van der Waals surface area contributed by atoms with Gasteiger partial charge in [0.2, 0.25) is 0 Å². The molecular weight excluding hydrogens is 250 g/mol. The second-order valence-electron chi connectivity index (χ2n) is 7.36. The summed E-state index contributed by atoms with van der Waals surface area (Å²) in [5.41, 5.74) is 0.386. The number of hydrogen-bond donors (Lipinski definition) is 2. The normalized spacial score (nSPS) is 36.6. The summed E-state index contributed by atoms with van der Waals surface area (Å²) >= 11 is 0. The van der Waals surface area contributed by atoms with Crippen LogP contribution in [0.25, 0.3) is 0 Å². The molecule has 2 N–H and O–H groups in total. The number of carbonyl (C=O) groups excluding carboxylic acids is 1. The average molecular weight is 279 g/mol. The van der Waals surface area contributed by atoms with Gasteiger partial charge in [-0.15, -0.1) is 0 Å². The van der Waals surface area contributed by atoms with Crippen molar-refractivity contribution in [3.63, 3.8) is 0 Å². The Balaban J connectivity index is 1.58. The number of likely N-dealkylation sites (tertiary alicyclic amines) is 1. The van der Waals surface area contributed by atoms with Gasteiger partial charge >= 0.3 is 6.03 Å². The highest BCUT2D eigenvalue weighted by Gasteiger charge is 2.54.